The molecule has 5 heteroatoms. The van der Waals surface area contributed by atoms with Gasteiger partial charge in [0.25, 0.3) is 5.91 Å². The highest BCUT2D eigenvalue weighted by Crippen LogP contribution is 2.25. The van der Waals surface area contributed by atoms with Gasteiger partial charge in [-0.1, -0.05) is 12.1 Å². The first kappa shape index (κ1) is 14.3. The second kappa shape index (κ2) is 6.02. The Balaban J connectivity index is 1.94. The molecule has 1 aromatic heterocycles. The van der Waals surface area contributed by atoms with Gasteiger partial charge in [-0.3, -0.25) is 4.79 Å². The topological polar surface area (TPSA) is 51.0 Å². The summed E-state index contributed by atoms with van der Waals surface area (Å²) in [5.74, 6) is 2.90. The highest BCUT2D eigenvalue weighted by Gasteiger charge is 2.30. The predicted molar refractivity (Wildman–Crippen MR) is 83.4 cm³/mol. The molecular formula is C17H18N4O. The van der Waals surface area contributed by atoms with E-state index in [2.05, 4.69) is 23.0 Å². The zero-order chi connectivity index (χ0) is 15.5. The number of nitrogens with zero attached hydrogens (tertiary/aromatic N) is 4. The van der Waals surface area contributed by atoms with Crippen LogP contribution < -0.4 is 0 Å². The van der Waals surface area contributed by atoms with E-state index in [-0.39, 0.29) is 17.9 Å². The summed E-state index contributed by atoms with van der Waals surface area (Å²) in [4.78, 5) is 16.3. The summed E-state index contributed by atoms with van der Waals surface area (Å²) in [5.41, 5.74) is 1.29. The number of aromatic nitrogens is 3. The molecule has 1 aliphatic rings. The van der Waals surface area contributed by atoms with Crippen molar-refractivity contribution in [3.8, 4) is 18.0 Å². The minimum Gasteiger partial charge on any atom is -0.335 e. The summed E-state index contributed by atoms with van der Waals surface area (Å²) in [5, 5.41) is 8.25. The Morgan fingerprint density at radius 1 is 1.27 bits per heavy atom. The van der Waals surface area contributed by atoms with Gasteiger partial charge in [0, 0.05) is 18.5 Å². The van der Waals surface area contributed by atoms with Crippen molar-refractivity contribution < 1.29 is 4.79 Å². The number of hydrogen-bond acceptors (Lipinski definition) is 3. The highest BCUT2D eigenvalue weighted by atomic mass is 16.2. The maximum atomic E-state index is 13.0. The van der Waals surface area contributed by atoms with E-state index in [0.717, 1.165) is 12.8 Å². The Morgan fingerprint density at radius 3 is 2.73 bits per heavy atom. The van der Waals surface area contributed by atoms with Gasteiger partial charge >= 0.3 is 0 Å². The SMILES string of the molecule is C#C[C@H]1CC[C@@H](C)N(C(=O)c2ccccc2-n2nccn2)C1. The fourth-order valence-corrected chi connectivity index (χ4v) is 2.85. The molecule has 2 heterocycles. The van der Waals surface area contributed by atoms with Crippen LogP contribution in [-0.2, 0) is 0 Å². The van der Waals surface area contributed by atoms with Gasteiger partial charge in [-0.25, -0.2) is 0 Å². The zero-order valence-corrected chi connectivity index (χ0v) is 12.5. The number of para-hydroxylation sites is 1. The van der Waals surface area contributed by atoms with Crippen LogP contribution in [0.1, 0.15) is 30.1 Å². The third kappa shape index (κ3) is 2.60. The molecule has 0 N–H and O–H groups in total. The summed E-state index contributed by atoms with van der Waals surface area (Å²) in [7, 11) is 0. The minimum atomic E-state index is -0.0136. The third-order valence-electron chi connectivity index (χ3n) is 4.15. The van der Waals surface area contributed by atoms with Gasteiger partial charge in [0.2, 0.25) is 0 Å². The second-order valence-corrected chi connectivity index (χ2v) is 5.58. The average Bonchev–Trinajstić information content (AvgIpc) is 3.09. The van der Waals surface area contributed by atoms with E-state index in [1.807, 2.05) is 29.2 Å². The fourth-order valence-electron chi connectivity index (χ4n) is 2.85. The number of amides is 1. The Labute approximate surface area is 129 Å². The van der Waals surface area contributed by atoms with Crippen molar-refractivity contribution in [2.45, 2.75) is 25.8 Å². The molecule has 0 bridgehead atoms. The van der Waals surface area contributed by atoms with E-state index in [0.29, 0.717) is 17.8 Å². The number of terminal acetylenes is 1. The minimum absolute atomic E-state index is 0.0136. The van der Waals surface area contributed by atoms with Crippen LogP contribution in [0.25, 0.3) is 5.69 Å². The van der Waals surface area contributed by atoms with Crippen molar-refractivity contribution in [2.75, 3.05) is 6.54 Å². The monoisotopic (exact) mass is 294 g/mol. The average molecular weight is 294 g/mol. The number of piperidine rings is 1. The molecule has 1 aromatic carbocycles. The van der Waals surface area contributed by atoms with Gasteiger partial charge in [0.15, 0.2) is 0 Å². The number of carbonyl (C=O) groups excluding carboxylic acids is 1. The molecular weight excluding hydrogens is 276 g/mol. The molecule has 3 rings (SSSR count). The van der Waals surface area contributed by atoms with Gasteiger partial charge in [0.1, 0.15) is 0 Å². The number of rotatable bonds is 2. The van der Waals surface area contributed by atoms with Gasteiger partial charge in [-0.2, -0.15) is 15.0 Å². The van der Waals surface area contributed by atoms with Crippen molar-refractivity contribution in [3.05, 3.63) is 42.2 Å². The van der Waals surface area contributed by atoms with Crippen molar-refractivity contribution in [1.82, 2.24) is 19.9 Å². The van der Waals surface area contributed by atoms with E-state index in [4.69, 9.17) is 6.42 Å². The van der Waals surface area contributed by atoms with Gasteiger partial charge in [-0.15, -0.1) is 12.3 Å². The Bertz CT molecular complexity index is 702. The van der Waals surface area contributed by atoms with Gasteiger partial charge < -0.3 is 4.90 Å². The quantitative estimate of drug-likeness (QED) is 0.797. The standard InChI is InChI=1S/C17H18N4O/c1-3-14-9-8-13(2)20(12-14)17(22)15-6-4-5-7-16(15)21-18-10-11-19-21/h1,4-7,10-11,13-14H,8-9,12H2,2H3/t13-,14+/m1/s1. The summed E-state index contributed by atoms with van der Waals surface area (Å²) < 4.78 is 0. The van der Waals surface area contributed by atoms with Crippen molar-refractivity contribution in [2.24, 2.45) is 5.92 Å². The summed E-state index contributed by atoms with van der Waals surface area (Å²) in [6.07, 6.45) is 10.6. The molecule has 2 atom stereocenters. The highest BCUT2D eigenvalue weighted by molar-refractivity contribution is 5.98. The smallest absolute Gasteiger partial charge is 0.256 e. The molecule has 1 aliphatic heterocycles. The number of carbonyl (C=O) groups is 1. The van der Waals surface area contributed by atoms with E-state index < -0.39 is 0 Å². The maximum absolute atomic E-state index is 13.0. The normalized spacial score (nSPS) is 21.4. The molecule has 1 amide bonds. The van der Waals surface area contributed by atoms with Gasteiger partial charge in [0.05, 0.1) is 23.6 Å². The lowest BCUT2D eigenvalue weighted by Gasteiger charge is -2.36. The van der Waals surface area contributed by atoms with E-state index >= 15 is 0 Å². The van der Waals surface area contributed by atoms with Crippen molar-refractivity contribution in [3.63, 3.8) is 0 Å². The predicted octanol–water partition coefficient (Wildman–Crippen LogP) is 2.14. The summed E-state index contributed by atoms with van der Waals surface area (Å²) in [6.45, 7) is 2.68. The van der Waals surface area contributed by atoms with Crippen LogP contribution in [0.3, 0.4) is 0 Å². The Hall–Kier alpha value is -2.61. The number of likely N-dealkylation sites (tertiary alicyclic amines) is 1. The molecule has 0 unspecified atom stereocenters. The molecule has 1 saturated heterocycles. The van der Waals surface area contributed by atoms with Crippen LogP contribution in [0.4, 0.5) is 0 Å². The van der Waals surface area contributed by atoms with E-state index in [9.17, 15) is 4.79 Å². The number of hydrogen-bond donors (Lipinski definition) is 0. The van der Waals surface area contributed by atoms with Crippen LogP contribution in [-0.4, -0.2) is 38.4 Å². The zero-order valence-electron chi connectivity index (χ0n) is 12.5. The van der Waals surface area contributed by atoms with Crippen LogP contribution in [0.15, 0.2) is 36.7 Å². The van der Waals surface area contributed by atoms with Crippen LogP contribution >= 0.6 is 0 Å². The molecule has 0 saturated carbocycles. The molecule has 0 spiro atoms. The first-order chi connectivity index (χ1) is 10.7. The van der Waals surface area contributed by atoms with Crippen molar-refractivity contribution in [1.29, 1.82) is 0 Å². The lowest BCUT2D eigenvalue weighted by atomic mass is 9.93. The van der Waals surface area contributed by atoms with Gasteiger partial charge in [-0.05, 0) is 31.9 Å². The summed E-state index contributed by atoms with van der Waals surface area (Å²) in [6, 6.07) is 7.58. The number of benzene rings is 1. The largest absolute Gasteiger partial charge is 0.335 e. The first-order valence-corrected chi connectivity index (χ1v) is 7.43. The Morgan fingerprint density at radius 2 is 2.00 bits per heavy atom. The van der Waals surface area contributed by atoms with Crippen LogP contribution in [0, 0.1) is 18.3 Å². The second-order valence-electron chi connectivity index (χ2n) is 5.58. The summed E-state index contributed by atoms with van der Waals surface area (Å²) >= 11 is 0. The van der Waals surface area contributed by atoms with E-state index in [1.54, 1.807) is 12.4 Å². The maximum Gasteiger partial charge on any atom is 0.256 e. The molecule has 0 aliphatic carbocycles. The lowest BCUT2D eigenvalue weighted by molar-refractivity contribution is 0.0598. The third-order valence-corrected chi connectivity index (χ3v) is 4.15. The molecule has 5 nitrogen and oxygen atoms in total. The van der Waals surface area contributed by atoms with Crippen LogP contribution in [0.5, 0.6) is 0 Å². The molecule has 112 valence electrons. The lowest BCUT2D eigenvalue weighted by Crippen LogP contribution is -2.45. The van der Waals surface area contributed by atoms with Crippen LogP contribution in [0.2, 0.25) is 0 Å². The van der Waals surface area contributed by atoms with E-state index in [1.165, 1.54) is 4.80 Å². The molecule has 22 heavy (non-hydrogen) atoms. The Kier molecular flexibility index (Phi) is 3.92. The molecule has 2 aromatic rings. The fraction of sp³-hybridized carbons (Fsp3) is 0.353. The molecule has 0 radical (unpaired) electrons. The first-order valence-electron chi connectivity index (χ1n) is 7.43. The molecule has 1 fully saturated rings. The van der Waals surface area contributed by atoms with Crippen molar-refractivity contribution >= 4 is 5.91 Å².